The van der Waals surface area contributed by atoms with Crippen LogP contribution in [0.1, 0.15) is 30.5 Å². The van der Waals surface area contributed by atoms with Crippen molar-refractivity contribution in [2.24, 2.45) is 5.10 Å². The quantitative estimate of drug-likeness (QED) is 0.253. The van der Waals surface area contributed by atoms with E-state index in [1.165, 1.54) is 17.7 Å². The first-order valence-electron chi connectivity index (χ1n) is 9.96. The molecule has 3 aromatic carbocycles. The van der Waals surface area contributed by atoms with Gasteiger partial charge in [0.15, 0.2) is 6.61 Å². The first kappa shape index (κ1) is 23.9. The number of halogens is 1. The number of aromatic hydroxyl groups is 1. The van der Waals surface area contributed by atoms with Gasteiger partial charge in [-0.15, -0.1) is 0 Å². The summed E-state index contributed by atoms with van der Waals surface area (Å²) in [5, 5.41) is 24.7. The summed E-state index contributed by atoms with van der Waals surface area (Å²) in [6, 6.07) is 20.3. The number of phenols is 1. The number of hydrazone groups is 1. The molecule has 0 spiro atoms. The van der Waals surface area contributed by atoms with Crippen LogP contribution in [-0.4, -0.2) is 28.8 Å². The molecule has 2 N–H and O–H groups in total. The molecule has 170 valence electrons. The number of carbonyl (C=O) groups is 1. The maximum Gasteiger partial charge on any atom is 0.312 e. The lowest BCUT2D eigenvalue weighted by molar-refractivity contribution is -0.385. The van der Waals surface area contributed by atoms with Crippen LogP contribution in [0.25, 0.3) is 0 Å². The molecule has 0 saturated carbocycles. The number of ether oxygens (including phenoxy) is 1. The van der Waals surface area contributed by atoms with E-state index in [-0.39, 0.29) is 17.6 Å². The number of amides is 1. The monoisotopic (exact) mass is 511 g/mol. The Balaban J connectivity index is 1.57. The van der Waals surface area contributed by atoms with Gasteiger partial charge in [-0.05, 0) is 29.3 Å². The first-order chi connectivity index (χ1) is 15.7. The summed E-state index contributed by atoms with van der Waals surface area (Å²) < 4.78 is 5.90. The third-order valence-electron chi connectivity index (χ3n) is 5.12. The van der Waals surface area contributed by atoms with Crippen molar-refractivity contribution >= 4 is 33.7 Å². The number of hydrogen-bond acceptors (Lipinski definition) is 6. The number of nitrogens with zero attached hydrogens (tertiary/aromatic N) is 2. The van der Waals surface area contributed by atoms with E-state index >= 15 is 0 Å². The molecule has 0 aliphatic carbocycles. The van der Waals surface area contributed by atoms with Gasteiger partial charge in [0.25, 0.3) is 5.91 Å². The van der Waals surface area contributed by atoms with E-state index in [1.807, 2.05) is 30.3 Å². The highest BCUT2D eigenvalue weighted by molar-refractivity contribution is 9.10. The zero-order valence-corrected chi connectivity index (χ0v) is 19.6. The van der Waals surface area contributed by atoms with E-state index in [9.17, 15) is 20.0 Å². The summed E-state index contributed by atoms with van der Waals surface area (Å²) in [5.74, 6) is -0.540. The van der Waals surface area contributed by atoms with E-state index in [0.717, 1.165) is 11.8 Å². The van der Waals surface area contributed by atoms with E-state index in [0.29, 0.717) is 10.2 Å². The number of nitro groups is 1. The number of nitrogens with one attached hydrogen (secondary N) is 1. The Kier molecular flexibility index (Phi) is 7.44. The molecule has 8 nitrogen and oxygen atoms in total. The summed E-state index contributed by atoms with van der Waals surface area (Å²) in [6.07, 6.45) is 1.12. The molecule has 0 aliphatic rings. The van der Waals surface area contributed by atoms with Gasteiger partial charge in [0.2, 0.25) is 5.75 Å². The largest absolute Gasteiger partial charge is 0.502 e. The van der Waals surface area contributed by atoms with Crippen molar-refractivity contribution in [3.05, 3.63) is 98.0 Å². The van der Waals surface area contributed by atoms with Crippen LogP contribution in [0.4, 0.5) is 5.69 Å². The van der Waals surface area contributed by atoms with Gasteiger partial charge in [-0.1, -0.05) is 72.2 Å². The average molecular weight is 512 g/mol. The van der Waals surface area contributed by atoms with Gasteiger partial charge in [-0.3, -0.25) is 14.9 Å². The van der Waals surface area contributed by atoms with Crippen LogP contribution in [-0.2, 0) is 10.2 Å². The normalized spacial score (nSPS) is 11.4. The highest BCUT2D eigenvalue weighted by atomic mass is 79.9. The molecule has 1 amide bonds. The predicted octanol–water partition coefficient (Wildman–Crippen LogP) is 4.92. The van der Waals surface area contributed by atoms with Gasteiger partial charge >= 0.3 is 5.69 Å². The number of nitro benzene ring substituents is 1. The standard InChI is InChI=1S/C24H22BrN3O5/c1-24(2,17-6-4-3-5-7-17)18-8-10-20(11-9-18)33-15-22(29)27-26-14-16-12-19(25)13-21(23(16)30)28(31)32/h3-14,30H,15H2,1-2H3,(H,27,29)/b26-14+. The molecule has 0 radical (unpaired) electrons. The van der Waals surface area contributed by atoms with Crippen molar-refractivity contribution in [2.75, 3.05) is 6.61 Å². The van der Waals surface area contributed by atoms with Crippen molar-refractivity contribution in [3.8, 4) is 11.5 Å². The average Bonchev–Trinajstić information content (AvgIpc) is 2.80. The molecule has 0 fully saturated rings. The summed E-state index contributed by atoms with van der Waals surface area (Å²) in [5.41, 5.74) is 3.99. The molecule has 0 heterocycles. The molecule has 0 atom stereocenters. The predicted molar refractivity (Wildman–Crippen MR) is 129 cm³/mol. The fraction of sp³-hybridized carbons (Fsp3) is 0.167. The maximum atomic E-state index is 12.0. The smallest absolute Gasteiger partial charge is 0.312 e. The zero-order chi connectivity index (χ0) is 24.0. The molecular weight excluding hydrogens is 490 g/mol. The van der Waals surface area contributed by atoms with Crippen molar-refractivity contribution in [3.63, 3.8) is 0 Å². The van der Waals surface area contributed by atoms with Gasteiger partial charge in [0.1, 0.15) is 5.75 Å². The lowest BCUT2D eigenvalue weighted by Gasteiger charge is -2.26. The Morgan fingerprint density at radius 3 is 2.42 bits per heavy atom. The minimum absolute atomic E-state index is 0.0777. The molecular formula is C24H22BrN3O5. The molecule has 0 unspecified atom stereocenters. The Labute approximate surface area is 199 Å². The number of benzene rings is 3. The summed E-state index contributed by atoms with van der Waals surface area (Å²) in [6.45, 7) is 4.01. The maximum absolute atomic E-state index is 12.0. The summed E-state index contributed by atoms with van der Waals surface area (Å²) in [7, 11) is 0. The second-order valence-electron chi connectivity index (χ2n) is 7.72. The summed E-state index contributed by atoms with van der Waals surface area (Å²) >= 11 is 3.13. The van der Waals surface area contributed by atoms with E-state index in [4.69, 9.17) is 4.74 Å². The Hall–Kier alpha value is -3.72. The van der Waals surface area contributed by atoms with Crippen molar-refractivity contribution in [1.82, 2.24) is 5.43 Å². The zero-order valence-electron chi connectivity index (χ0n) is 18.0. The number of rotatable bonds is 8. The van der Waals surface area contributed by atoms with E-state index < -0.39 is 22.3 Å². The van der Waals surface area contributed by atoms with Crippen molar-refractivity contribution in [1.29, 1.82) is 0 Å². The topological polar surface area (TPSA) is 114 Å². The molecule has 0 saturated heterocycles. The second-order valence-corrected chi connectivity index (χ2v) is 8.63. The van der Waals surface area contributed by atoms with Crippen LogP contribution in [0, 0.1) is 10.1 Å². The molecule has 33 heavy (non-hydrogen) atoms. The van der Waals surface area contributed by atoms with Crippen LogP contribution < -0.4 is 10.2 Å². The van der Waals surface area contributed by atoms with Crippen LogP contribution in [0.3, 0.4) is 0 Å². The minimum Gasteiger partial charge on any atom is -0.502 e. The van der Waals surface area contributed by atoms with Crippen molar-refractivity contribution in [2.45, 2.75) is 19.3 Å². The van der Waals surface area contributed by atoms with Gasteiger partial charge in [-0.25, -0.2) is 5.43 Å². The highest BCUT2D eigenvalue weighted by Gasteiger charge is 2.22. The van der Waals surface area contributed by atoms with Crippen molar-refractivity contribution < 1.29 is 19.6 Å². The second kappa shape index (κ2) is 10.3. The number of phenolic OH excluding ortho intramolecular Hbond substituents is 1. The van der Waals surface area contributed by atoms with E-state index in [2.05, 4.69) is 52.4 Å². The van der Waals surface area contributed by atoms with Gasteiger partial charge in [0.05, 0.1) is 11.1 Å². The Bertz CT molecular complexity index is 1180. The lowest BCUT2D eigenvalue weighted by Crippen LogP contribution is -2.24. The van der Waals surface area contributed by atoms with Crippen LogP contribution >= 0.6 is 15.9 Å². The SMILES string of the molecule is CC(C)(c1ccccc1)c1ccc(OCC(=O)N/N=C/c2cc(Br)cc([N+](=O)[O-])c2O)cc1. The minimum atomic E-state index is -0.712. The van der Waals surface area contributed by atoms with Crippen LogP contribution in [0.15, 0.2) is 76.3 Å². The van der Waals surface area contributed by atoms with Gasteiger partial charge < -0.3 is 9.84 Å². The molecule has 0 aliphatic heterocycles. The highest BCUT2D eigenvalue weighted by Crippen LogP contribution is 2.33. The molecule has 9 heteroatoms. The number of hydrogen-bond donors (Lipinski definition) is 2. The fourth-order valence-corrected chi connectivity index (χ4v) is 3.65. The third kappa shape index (κ3) is 5.95. The lowest BCUT2D eigenvalue weighted by atomic mass is 9.78. The van der Waals surface area contributed by atoms with Gasteiger partial charge in [-0.2, -0.15) is 5.10 Å². The van der Waals surface area contributed by atoms with Crippen LogP contribution in [0.2, 0.25) is 0 Å². The third-order valence-corrected chi connectivity index (χ3v) is 5.57. The first-order valence-corrected chi connectivity index (χ1v) is 10.8. The molecule has 3 rings (SSSR count). The summed E-state index contributed by atoms with van der Waals surface area (Å²) in [4.78, 5) is 22.3. The molecule has 0 aromatic heterocycles. The molecule has 3 aromatic rings. The van der Waals surface area contributed by atoms with Crippen LogP contribution in [0.5, 0.6) is 11.5 Å². The molecule has 0 bridgehead atoms. The Morgan fingerprint density at radius 2 is 1.79 bits per heavy atom. The Morgan fingerprint density at radius 1 is 1.15 bits per heavy atom. The fourth-order valence-electron chi connectivity index (χ4n) is 3.19. The van der Waals surface area contributed by atoms with E-state index in [1.54, 1.807) is 12.1 Å². The number of carbonyl (C=O) groups excluding carboxylic acids is 1. The van der Waals surface area contributed by atoms with Gasteiger partial charge in [0, 0.05) is 21.5 Å².